The van der Waals surface area contributed by atoms with Gasteiger partial charge in [-0.05, 0) is 61.1 Å². The molecule has 3 heterocycles. The number of hydrogen-bond acceptors (Lipinski definition) is 5. The Hall–Kier alpha value is -3.08. The summed E-state index contributed by atoms with van der Waals surface area (Å²) in [4.78, 5) is 13.8. The van der Waals surface area contributed by atoms with E-state index in [-0.39, 0.29) is 0 Å². The van der Waals surface area contributed by atoms with Crippen molar-refractivity contribution in [2.45, 2.75) is 32.2 Å². The van der Waals surface area contributed by atoms with Crippen molar-refractivity contribution >= 4 is 23.0 Å². The third kappa shape index (κ3) is 4.04. The molecule has 5 heteroatoms. The highest BCUT2D eigenvalue weighted by Crippen LogP contribution is 2.26. The fourth-order valence-electron chi connectivity index (χ4n) is 4.34. The molecule has 1 N–H and O–H groups in total. The van der Waals surface area contributed by atoms with Gasteiger partial charge in [-0.25, -0.2) is 9.97 Å². The number of benzene rings is 2. The lowest BCUT2D eigenvalue weighted by Crippen LogP contribution is -2.31. The number of nitrogens with one attached hydrogen (secondary N) is 1. The average molecular weight is 386 g/mol. The van der Waals surface area contributed by atoms with Crippen LogP contribution in [0, 0.1) is 0 Å². The zero-order valence-electron chi connectivity index (χ0n) is 16.7. The molecule has 0 aliphatic carbocycles. The first-order valence-electron chi connectivity index (χ1n) is 10.6. The summed E-state index contributed by atoms with van der Waals surface area (Å²) in [6, 6.07) is 19.4. The summed E-state index contributed by atoms with van der Waals surface area (Å²) in [5, 5.41) is 3.44. The predicted molar refractivity (Wildman–Crippen MR) is 119 cm³/mol. The molecule has 3 aromatic rings. The molecular formula is C24H27N5. The van der Waals surface area contributed by atoms with E-state index >= 15 is 0 Å². The van der Waals surface area contributed by atoms with Crippen molar-refractivity contribution in [3.05, 3.63) is 72.1 Å². The van der Waals surface area contributed by atoms with Gasteiger partial charge in [-0.15, -0.1) is 0 Å². The smallest absolute Gasteiger partial charge is 0.135 e. The van der Waals surface area contributed by atoms with E-state index < -0.39 is 0 Å². The van der Waals surface area contributed by atoms with E-state index in [2.05, 4.69) is 73.6 Å². The van der Waals surface area contributed by atoms with Gasteiger partial charge in [0.1, 0.15) is 18.0 Å². The number of hydrogen-bond donors (Lipinski definition) is 1. The van der Waals surface area contributed by atoms with Crippen LogP contribution in [0.4, 0.5) is 23.0 Å². The van der Waals surface area contributed by atoms with Gasteiger partial charge in [-0.1, -0.05) is 24.3 Å². The van der Waals surface area contributed by atoms with Crippen LogP contribution in [-0.2, 0) is 13.0 Å². The van der Waals surface area contributed by atoms with Crippen molar-refractivity contribution in [1.82, 2.24) is 9.97 Å². The largest absolute Gasteiger partial charge is 0.372 e. The number of piperidine rings is 1. The van der Waals surface area contributed by atoms with E-state index in [0.717, 1.165) is 36.8 Å². The molecule has 148 valence electrons. The van der Waals surface area contributed by atoms with Crippen LogP contribution in [-0.4, -0.2) is 29.6 Å². The van der Waals surface area contributed by atoms with Crippen molar-refractivity contribution in [3.63, 3.8) is 0 Å². The number of anilines is 4. The van der Waals surface area contributed by atoms with Gasteiger partial charge >= 0.3 is 0 Å². The second-order valence-corrected chi connectivity index (χ2v) is 7.92. The van der Waals surface area contributed by atoms with Crippen molar-refractivity contribution in [3.8, 4) is 0 Å². The first-order chi connectivity index (χ1) is 14.3. The van der Waals surface area contributed by atoms with E-state index in [9.17, 15) is 0 Å². The minimum Gasteiger partial charge on any atom is -0.372 e. The van der Waals surface area contributed by atoms with Crippen LogP contribution in [0.25, 0.3) is 0 Å². The molecular weight excluding hydrogens is 358 g/mol. The molecule has 5 rings (SSSR count). The number of aromatic nitrogens is 2. The second-order valence-electron chi connectivity index (χ2n) is 7.92. The molecule has 0 amide bonds. The fraction of sp³-hybridized carbons (Fsp3) is 0.333. The van der Waals surface area contributed by atoms with Crippen LogP contribution in [0.5, 0.6) is 0 Å². The maximum Gasteiger partial charge on any atom is 0.135 e. The highest BCUT2D eigenvalue weighted by atomic mass is 15.2. The molecule has 2 aliphatic rings. The maximum atomic E-state index is 4.52. The Morgan fingerprint density at radius 1 is 0.759 bits per heavy atom. The predicted octanol–water partition coefficient (Wildman–Crippen LogP) is 4.77. The Bertz CT molecular complexity index is 963. The zero-order chi connectivity index (χ0) is 19.5. The topological polar surface area (TPSA) is 44.3 Å². The first kappa shape index (κ1) is 18.0. The quantitative estimate of drug-likeness (QED) is 0.701. The molecule has 2 aromatic carbocycles. The molecule has 5 nitrogen and oxygen atoms in total. The van der Waals surface area contributed by atoms with Gasteiger partial charge < -0.3 is 15.1 Å². The number of fused-ring (bicyclic) bond motifs is 1. The standard InChI is InChI=1S/C24H27N5/c1-4-13-28(14-5-1)22-10-8-21(9-11-22)27-23-16-24(26-18-25-23)29-15-12-19-6-2-3-7-20(19)17-29/h2-3,6-11,16,18H,1,4-5,12-15,17H2,(H,25,26,27). The van der Waals surface area contributed by atoms with E-state index in [1.807, 2.05) is 6.07 Å². The van der Waals surface area contributed by atoms with Gasteiger partial charge in [0.25, 0.3) is 0 Å². The summed E-state index contributed by atoms with van der Waals surface area (Å²) < 4.78 is 0. The van der Waals surface area contributed by atoms with Crippen molar-refractivity contribution in [2.75, 3.05) is 34.8 Å². The lowest BCUT2D eigenvalue weighted by Gasteiger charge is -2.30. The van der Waals surface area contributed by atoms with Crippen LogP contribution in [0.1, 0.15) is 30.4 Å². The summed E-state index contributed by atoms with van der Waals surface area (Å²) in [6.07, 6.45) is 6.66. The van der Waals surface area contributed by atoms with E-state index in [1.165, 1.54) is 49.2 Å². The van der Waals surface area contributed by atoms with E-state index in [0.29, 0.717) is 0 Å². The molecule has 29 heavy (non-hydrogen) atoms. The molecule has 0 unspecified atom stereocenters. The fourth-order valence-corrected chi connectivity index (χ4v) is 4.34. The van der Waals surface area contributed by atoms with Gasteiger partial charge in [-0.3, -0.25) is 0 Å². The SMILES string of the molecule is c1ccc2c(c1)CCN(c1cc(Nc3ccc(N4CCCCC4)cc3)ncn1)C2. The van der Waals surface area contributed by atoms with Gasteiger partial charge in [0.2, 0.25) is 0 Å². The Labute approximate surface area is 172 Å². The molecule has 0 spiro atoms. The van der Waals surface area contributed by atoms with Gasteiger partial charge in [0, 0.05) is 43.6 Å². The molecule has 0 radical (unpaired) electrons. The Balaban J connectivity index is 1.28. The van der Waals surface area contributed by atoms with Gasteiger partial charge in [0.15, 0.2) is 0 Å². The average Bonchev–Trinajstić information content (AvgIpc) is 2.80. The molecule has 1 aromatic heterocycles. The third-order valence-electron chi connectivity index (χ3n) is 5.97. The summed E-state index contributed by atoms with van der Waals surface area (Å²) in [6.45, 7) is 4.22. The highest BCUT2D eigenvalue weighted by Gasteiger charge is 2.17. The Morgan fingerprint density at radius 3 is 2.38 bits per heavy atom. The van der Waals surface area contributed by atoms with Crippen LogP contribution >= 0.6 is 0 Å². The molecule has 1 fully saturated rings. The molecule has 1 saturated heterocycles. The van der Waals surface area contributed by atoms with Crippen molar-refractivity contribution in [2.24, 2.45) is 0 Å². The van der Waals surface area contributed by atoms with Crippen LogP contribution in [0.3, 0.4) is 0 Å². The van der Waals surface area contributed by atoms with Crippen LogP contribution in [0.2, 0.25) is 0 Å². The lowest BCUT2D eigenvalue weighted by molar-refractivity contribution is 0.578. The van der Waals surface area contributed by atoms with Gasteiger partial charge in [0.05, 0.1) is 0 Å². The monoisotopic (exact) mass is 385 g/mol. The Kier molecular flexibility index (Phi) is 5.03. The first-order valence-corrected chi connectivity index (χ1v) is 10.6. The maximum absolute atomic E-state index is 4.52. The van der Waals surface area contributed by atoms with Crippen LogP contribution in [0.15, 0.2) is 60.9 Å². The summed E-state index contributed by atoms with van der Waals surface area (Å²) in [5.41, 5.74) is 5.20. The summed E-state index contributed by atoms with van der Waals surface area (Å²) in [7, 11) is 0. The molecule has 0 atom stereocenters. The molecule has 0 bridgehead atoms. The van der Waals surface area contributed by atoms with E-state index in [4.69, 9.17) is 0 Å². The van der Waals surface area contributed by atoms with Crippen molar-refractivity contribution < 1.29 is 0 Å². The zero-order valence-corrected chi connectivity index (χ0v) is 16.7. The molecule has 0 saturated carbocycles. The second kappa shape index (κ2) is 8.11. The Morgan fingerprint density at radius 2 is 1.55 bits per heavy atom. The highest BCUT2D eigenvalue weighted by molar-refractivity contribution is 5.63. The lowest BCUT2D eigenvalue weighted by atomic mass is 10.00. The van der Waals surface area contributed by atoms with Crippen molar-refractivity contribution in [1.29, 1.82) is 0 Å². The minimum absolute atomic E-state index is 0.833. The minimum atomic E-state index is 0.833. The number of nitrogens with zero attached hydrogens (tertiary/aromatic N) is 4. The van der Waals surface area contributed by atoms with Crippen LogP contribution < -0.4 is 15.1 Å². The van der Waals surface area contributed by atoms with E-state index in [1.54, 1.807) is 6.33 Å². The van der Waals surface area contributed by atoms with Gasteiger partial charge in [-0.2, -0.15) is 0 Å². The summed E-state index contributed by atoms with van der Waals surface area (Å²) >= 11 is 0. The summed E-state index contributed by atoms with van der Waals surface area (Å²) in [5.74, 6) is 1.81. The number of rotatable bonds is 4. The normalized spacial score (nSPS) is 16.4. The third-order valence-corrected chi connectivity index (χ3v) is 5.97. The molecule has 2 aliphatic heterocycles.